The number of sulfonamides is 1. The number of hydrogen-bond donors (Lipinski definition) is 2. The minimum absolute atomic E-state index is 0.158. The van der Waals surface area contributed by atoms with E-state index in [-0.39, 0.29) is 24.4 Å². The number of amides is 2. The molecule has 0 unspecified atom stereocenters. The number of benzene rings is 2. The molecular formula is C22H27N3O4S. The summed E-state index contributed by atoms with van der Waals surface area (Å²) < 4.78 is 25.4. The van der Waals surface area contributed by atoms with Crippen molar-refractivity contribution in [3.63, 3.8) is 0 Å². The van der Waals surface area contributed by atoms with E-state index in [0.29, 0.717) is 17.7 Å². The molecule has 2 aromatic rings. The summed E-state index contributed by atoms with van der Waals surface area (Å²) in [5.74, 6) is -0.688. The Kier molecular flexibility index (Phi) is 5.90. The molecule has 2 amide bonds. The molecule has 8 heteroatoms. The lowest BCUT2D eigenvalue weighted by molar-refractivity contribution is -0.115. The molecule has 30 heavy (non-hydrogen) atoms. The third-order valence-electron chi connectivity index (χ3n) is 5.20. The number of nitrogens with one attached hydrogen (secondary N) is 2. The van der Waals surface area contributed by atoms with E-state index in [1.54, 1.807) is 18.2 Å². The molecule has 0 aliphatic carbocycles. The molecule has 3 rings (SSSR count). The molecule has 160 valence electrons. The van der Waals surface area contributed by atoms with Gasteiger partial charge in [0.2, 0.25) is 15.9 Å². The van der Waals surface area contributed by atoms with Crippen molar-refractivity contribution in [3.8, 4) is 0 Å². The molecule has 1 aliphatic rings. The third-order valence-corrected chi connectivity index (χ3v) is 6.47. The molecule has 0 aromatic heterocycles. The van der Waals surface area contributed by atoms with Gasteiger partial charge >= 0.3 is 0 Å². The molecule has 0 radical (unpaired) electrons. The predicted octanol–water partition coefficient (Wildman–Crippen LogP) is 2.69. The summed E-state index contributed by atoms with van der Waals surface area (Å²) in [7, 11) is -3.38. The minimum Gasteiger partial charge on any atom is -0.343 e. The number of carbonyl (C=O) groups is 2. The molecule has 0 fully saturated rings. The van der Waals surface area contributed by atoms with Crippen LogP contribution in [0.15, 0.2) is 30.3 Å². The molecule has 2 N–H and O–H groups in total. The van der Waals surface area contributed by atoms with E-state index >= 15 is 0 Å². The van der Waals surface area contributed by atoms with Gasteiger partial charge in [-0.2, -0.15) is 0 Å². The van der Waals surface area contributed by atoms with Crippen LogP contribution in [0.25, 0.3) is 0 Å². The lowest BCUT2D eigenvalue weighted by Gasteiger charge is -2.21. The lowest BCUT2D eigenvalue weighted by atomic mass is 10.1. The van der Waals surface area contributed by atoms with Gasteiger partial charge in [0.05, 0.1) is 18.5 Å². The van der Waals surface area contributed by atoms with E-state index in [0.717, 1.165) is 27.9 Å². The standard InChI is InChI=1S/C22H27N3O4S/c1-13-8-14(2)21(15(3)9-13)24-20(26)12-23-22(27)17-6-7-19-18(11-17)10-16(4)25(19)30(5,28)29/h6-9,11,16H,10,12H2,1-5H3,(H,23,27)(H,24,26)/t16-/m1/s1. The van der Waals surface area contributed by atoms with E-state index < -0.39 is 10.0 Å². The first-order valence-corrected chi connectivity index (χ1v) is 11.6. The van der Waals surface area contributed by atoms with Gasteiger partial charge in [-0.3, -0.25) is 13.9 Å². The maximum absolute atomic E-state index is 12.5. The Morgan fingerprint density at radius 3 is 2.33 bits per heavy atom. The van der Waals surface area contributed by atoms with Gasteiger partial charge in [-0.05, 0) is 69.0 Å². The molecule has 0 bridgehead atoms. The second-order valence-electron chi connectivity index (χ2n) is 7.96. The zero-order valence-corrected chi connectivity index (χ0v) is 18.7. The van der Waals surface area contributed by atoms with Gasteiger partial charge in [-0.25, -0.2) is 8.42 Å². The fourth-order valence-corrected chi connectivity index (χ4v) is 5.34. The second kappa shape index (κ2) is 8.10. The van der Waals surface area contributed by atoms with Crippen molar-refractivity contribution in [2.75, 3.05) is 22.4 Å². The number of nitrogens with zero attached hydrogens (tertiary/aromatic N) is 1. The zero-order valence-electron chi connectivity index (χ0n) is 17.9. The van der Waals surface area contributed by atoms with E-state index in [9.17, 15) is 18.0 Å². The SMILES string of the molecule is Cc1cc(C)c(NC(=O)CNC(=O)c2ccc3c(c2)C[C@@H](C)N3S(C)(=O)=O)c(C)c1. The maximum Gasteiger partial charge on any atom is 0.251 e. The van der Waals surface area contributed by atoms with Crippen LogP contribution >= 0.6 is 0 Å². The smallest absolute Gasteiger partial charge is 0.251 e. The quantitative estimate of drug-likeness (QED) is 0.764. The summed E-state index contributed by atoms with van der Waals surface area (Å²) in [5, 5.41) is 5.49. The highest BCUT2D eigenvalue weighted by Gasteiger charge is 2.32. The van der Waals surface area contributed by atoms with Gasteiger partial charge < -0.3 is 10.6 Å². The summed E-state index contributed by atoms with van der Waals surface area (Å²) in [4.78, 5) is 24.8. The molecule has 0 saturated carbocycles. The van der Waals surface area contributed by atoms with Crippen molar-refractivity contribution in [3.05, 3.63) is 58.1 Å². The topological polar surface area (TPSA) is 95.6 Å². The Morgan fingerprint density at radius 1 is 1.10 bits per heavy atom. The number of fused-ring (bicyclic) bond motifs is 1. The van der Waals surface area contributed by atoms with Crippen molar-refractivity contribution in [2.24, 2.45) is 0 Å². The van der Waals surface area contributed by atoms with Gasteiger partial charge in [0, 0.05) is 17.3 Å². The van der Waals surface area contributed by atoms with Crippen molar-refractivity contribution in [2.45, 2.75) is 40.2 Å². The normalized spacial score (nSPS) is 15.6. The van der Waals surface area contributed by atoms with Crippen LogP contribution in [0.4, 0.5) is 11.4 Å². The largest absolute Gasteiger partial charge is 0.343 e. The Hall–Kier alpha value is -2.87. The van der Waals surface area contributed by atoms with E-state index in [1.165, 1.54) is 10.6 Å². The second-order valence-corrected chi connectivity index (χ2v) is 9.82. The van der Waals surface area contributed by atoms with Crippen LogP contribution in [0.5, 0.6) is 0 Å². The van der Waals surface area contributed by atoms with Crippen LogP contribution in [0.2, 0.25) is 0 Å². The van der Waals surface area contributed by atoms with Crippen molar-refractivity contribution in [1.29, 1.82) is 0 Å². The first-order valence-electron chi connectivity index (χ1n) is 9.75. The first-order chi connectivity index (χ1) is 14.0. The summed E-state index contributed by atoms with van der Waals surface area (Å²) in [5.41, 5.74) is 5.61. The third kappa shape index (κ3) is 4.48. The molecule has 0 saturated heterocycles. The van der Waals surface area contributed by atoms with Gasteiger partial charge in [0.1, 0.15) is 0 Å². The van der Waals surface area contributed by atoms with E-state index in [1.807, 2.05) is 39.8 Å². The highest BCUT2D eigenvalue weighted by atomic mass is 32.2. The fraction of sp³-hybridized carbons (Fsp3) is 0.364. The van der Waals surface area contributed by atoms with Crippen molar-refractivity contribution < 1.29 is 18.0 Å². The van der Waals surface area contributed by atoms with Crippen LogP contribution in [-0.4, -0.2) is 39.1 Å². The Labute approximate surface area is 177 Å². The van der Waals surface area contributed by atoms with E-state index in [4.69, 9.17) is 0 Å². The minimum atomic E-state index is -3.38. The van der Waals surface area contributed by atoms with Crippen LogP contribution < -0.4 is 14.9 Å². The number of aryl methyl sites for hydroxylation is 3. The van der Waals surface area contributed by atoms with Crippen molar-refractivity contribution >= 4 is 33.2 Å². The zero-order chi connectivity index (χ0) is 22.2. The molecule has 1 heterocycles. The number of anilines is 2. The number of carbonyl (C=O) groups excluding carboxylic acids is 2. The van der Waals surface area contributed by atoms with Crippen LogP contribution in [-0.2, 0) is 21.2 Å². The monoisotopic (exact) mass is 429 g/mol. The van der Waals surface area contributed by atoms with Crippen LogP contribution in [0, 0.1) is 20.8 Å². The number of rotatable bonds is 5. The Balaban J connectivity index is 1.66. The molecule has 1 aliphatic heterocycles. The molecule has 1 atom stereocenters. The lowest BCUT2D eigenvalue weighted by Crippen LogP contribution is -2.34. The highest BCUT2D eigenvalue weighted by molar-refractivity contribution is 7.92. The maximum atomic E-state index is 12.5. The highest BCUT2D eigenvalue weighted by Crippen LogP contribution is 2.34. The predicted molar refractivity (Wildman–Crippen MR) is 119 cm³/mol. The van der Waals surface area contributed by atoms with E-state index in [2.05, 4.69) is 10.6 Å². The average molecular weight is 430 g/mol. The van der Waals surface area contributed by atoms with Crippen molar-refractivity contribution in [1.82, 2.24) is 5.32 Å². The molecule has 2 aromatic carbocycles. The Morgan fingerprint density at radius 2 is 1.73 bits per heavy atom. The molecular weight excluding hydrogens is 402 g/mol. The number of hydrogen-bond acceptors (Lipinski definition) is 4. The van der Waals surface area contributed by atoms with Crippen LogP contribution in [0.1, 0.15) is 39.5 Å². The van der Waals surface area contributed by atoms with Gasteiger partial charge in [-0.1, -0.05) is 17.7 Å². The summed E-state index contributed by atoms with van der Waals surface area (Å²) in [6.45, 7) is 7.53. The molecule has 0 spiro atoms. The fourth-order valence-electron chi connectivity index (χ4n) is 4.07. The average Bonchev–Trinajstić information content (AvgIpc) is 2.97. The summed E-state index contributed by atoms with van der Waals surface area (Å²) in [6, 6.07) is 8.71. The van der Waals surface area contributed by atoms with Gasteiger partial charge in [0.25, 0.3) is 5.91 Å². The Bertz CT molecular complexity index is 1100. The summed E-state index contributed by atoms with van der Waals surface area (Å²) in [6.07, 6.45) is 1.71. The first kappa shape index (κ1) is 21.8. The van der Waals surface area contributed by atoms with Crippen LogP contribution in [0.3, 0.4) is 0 Å². The van der Waals surface area contributed by atoms with Gasteiger partial charge in [-0.15, -0.1) is 0 Å². The van der Waals surface area contributed by atoms with Gasteiger partial charge in [0.15, 0.2) is 0 Å². The molecule has 7 nitrogen and oxygen atoms in total. The summed E-state index contributed by atoms with van der Waals surface area (Å²) >= 11 is 0.